The Hall–Kier alpha value is -3.33. The first-order valence-corrected chi connectivity index (χ1v) is 10.7. The number of rotatable bonds is 4. The van der Waals surface area contributed by atoms with Crippen LogP contribution in [0.1, 0.15) is 39.4 Å². The smallest absolute Gasteiger partial charge is 0.416 e. The van der Waals surface area contributed by atoms with Gasteiger partial charge in [0.05, 0.1) is 16.1 Å². The Labute approximate surface area is 201 Å². The number of halogens is 7. The summed E-state index contributed by atoms with van der Waals surface area (Å²) in [5.41, 5.74) is -2.06. The summed E-state index contributed by atoms with van der Waals surface area (Å²) in [5, 5.41) is 11.9. The van der Waals surface area contributed by atoms with Gasteiger partial charge in [0.25, 0.3) is 0 Å². The minimum Gasteiger partial charge on any atom is -0.505 e. The average molecular weight is 511 g/mol. The lowest BCUT2D eigenvalue weighted by Gasteiger charge is -2.24. The summed E-state index contributed by atoms with van der Waals surface area (Å²) >= 11 is 6.02. The molecule has 2 aromatic heterocycles. The van der Waals surface area contributed by atoms with Gasteiger partial charge in [-0.2, -0.15) is 26.3 Å². The molecule has 0 fully saturated rings. The summed E-state index contributed by atoms with van der Waals surface area (Å²) in [5.74, 6) is -1.54. The van der Waals surface area contributed by atoms with Gasteiger partial charge in [-0.1, -0.05) is 35.9 Å². The zero-order valence-electron chi connectivity index (χ0n) is 18.0. The maximum atomic E-state index is 14.0. The van der Waals surface area contributed by atoms with Crippen molar-refractivity contribution in [2.75, 3.05) is 0 Å². The summed E-state index contributed by atoms with van der Waals surface area (Å²) in [7, 11) is 0. The summed E-state index contributed by atoms with van der Waals surface area (Å²) in [6.45, 7) is 1.69. The number of phenolic OH excluding ortho intramolecular Hbond substituents is 1. The lowest BCUT2D eigenvalue weighted by molar-refractivity contribution is -0.143. The highest BCUT2D eigenvalue weighted by molar-refractivity contribution is 6.31. The van der Waals surface area contributed by atoms with Crippen molar-refractivity contribution in [2.24, 2.45) is 0 Å². The summed E-state index contributed by atoms with van der Waals surface area (Å²) in [6, 6.07) is 9.44. The second-order valence-corrected chi connectivity index (χ2v) is 8.46. The molecule has 1 unspecified atom stereocenters. The van der Waals surface area contributed by atoms with Crippen LogP contribution in [0.15, 0.2) is 60.9 Å². The predicted octanol–water partition coefficient (Wildman–Crippen LogP) is 7.71. The van der Waals surface area contributed by atoms with Crippen molar-refractivity contribution in [3.63, 3.8) is 0 Å². The van der Waals surface area contributed by atoms with Crippen LogP contribution in [0.3, 0.4) is 0 Å². The number of aromatic nitrogens is 2. The van der Waals surface area contributed by atoms with E-state index >= 15 is 0 Å². The SMILES string of the molecule is Cc1cc(CC(c2ccc(C(F)(F)F)cc2C(F)(F)F)c2ccc3cccnc3c2O)ncc1Cl. The number of hydrogen-bond acceptors (Lipinski definition) is 3. The van der Waals surface area contributed by atoms with Crippen LogP contribution < -0.4 is 0 Å². The molecule has 10 heteroatoms. The molecule has 2 heterocycles. The Morgan fingerprint density at radius 3 is 2.29 bits per heavy atom. The normalized spacial score (nSPS) is 13.3. The number of aryl methyl sites for hydroxylation is 1. The molecular weight excluding hydrogens is 494 g/mol. The quantitative estimate of drug-likeness (QED) is 0.286. The molecular formula is C25H17ClF6N2O. The van der Waals surface area contributed by atoms with Crippen LogP contribution in [0.4, 0.5) is 26.3 Å². The van der Waals surface area contributed by atoms with Crippen LogP contribution in [0.5, 0.6) is 5.75 Å². The number of nitrogens with zero attached hydrogens (tertiary/aromatic N) is 2. The van der Waals surface area contributed by atoms with Crippen molar-refractivity contribution in [3.8, 4) is 5.75 Å². The molecule has 0 bridgehead atoms. The maximum Gasteiger partial charge on any atom is 0.416 e. The van der Waals surface area contributed by atoms with E-state index in [1.807, 2.05) is 0 Å². The largest absolute Gasteiger partial charge is 0.505 e. The van der Waals surface area contributed by atoms with Gasteiger partial charge < -0.3 is 5.11 Å². The highest BCUT2D eigenvalue weighted by atomic mass is 35.5. The van der Waals surface area contributed by atoms with Crippen molar-refractivity contribution >= 4 is 22.5 Å². The maximum absolute atomic E-state index is 14.0. The number of benzene rings is 2. The molecule has 1 atom stereocenters. The van der Waals surface area contributed by atoms with Crippen LogP contribution >= 0.6 is 11.6 Å². The van der Waals surface area contributed by atoms with Gasteiger partial charge in [0, 0.05) is 41.4 Å². The van der Waals surface area contributed by atoms with Gasteiger partial charge in [0.2, 0.25) is 0 Å². The fourth-order valence-corrected chi connectivity index (χ4v) is 4.12. The van der Waals surface area contributed by atoms with E-state index in [0.717, 1.165) is 6.07 Å². The highest BCUT2D eigenvalue weighted by Crippen LogP contribution is 2.44. The Kier molecular flexibility index (Phi) is 6.40. The fraction of sp³-hybridized carbons (Fsp3) is 0.200. The monoisotopic (exact) mass is 510 g/mol. The predicted molar refractivity (Wildman–Crippen MR) is 119 cm³/mol. The molecule has 182 valence electrons. The van der Waals surface area contributed by atoms with E-state index in [1.165, 1.54) is 18.5 Å². The van der Waals surface area contributed by atoms with Gasteiger partial charge in [0.1, 0.15) is 11.3 Å². The zero-order valence-corrected chi connectivity index (χ0v) is 18.8. The van der Waals surface area contributed by atoms with Crippen molar-refractivity contribution in [3.05, 3.63) is 99.5 Å². The van der Waals surface area contributed by atoms with Crippen LogP contribution in [0.2, 0.25) is 5.02 Å². The molecule has 4 aromatic rings. The number of phenols is 1. The Morgan fingerprint density at radius 2 is 1.63 bits per heavy atom. The van der Waals surface area contributed by atoms with Gasteiger partial charge >= 0.3 is 12.4 Å². The number of fused-ring (bicyclic) bond motifs is 1. The minimum atomic E-state index is -5.08. The molecule has 0 aliphatic heterocycles. The van der Waals surface area contributed by atoms with Crippen LogP contribution in [0, 0.1) is 6.92 Å². The highest BCUT2D eigenvalue weighted by Gasteiger charge is 2.40. The van der Waals surface area contributed by atoms with Crippen LogP contribution in [0.25, 0.3) is 10.9 Å². The first-order valence-electron chi connectivity index (χ1n) is 10.3. The molecule has 35 heavy (non-hydrogen) atoms. The molecule has 0 saturated carbocycles. The number of pyridine rings is 2. The second kappa shape index (κ2) is 9.03. The topological polar surface area (TPSA) is 46.0 Å². The van der Waals surface area contributed by atoms with Crippen molar-refractivity contribution in [2.45, 2.75) is 31.6 Å². The lowest BCUT2D eigenvalue weighted by Crippen LogP contribution is -2.17. The van der Waals surface area contributed by atoms with Gasteiger partial charge in [-0.3, -0.25) is 9.97 Å². The average Bonchev–Trinajstić information content (AvgIpc) is 2.79. The molecule has 0 radical (unpaired) electrons. The van der Waals surface area contributed by atoms with Crippen molar-refractivity contribution in [1.29, 1.82) is 0 Å². The Balaban J connectivity index is 1.97. The molecule has 1 N–H and O–H groups in total. The van der Waals surface area contributed by atoms with E-state index in [0.29, 0.717) is 27.7 Å². The molecule has 0 aliphatic rings. The van der Waals surface area contributed by atoms with Gasteiger partial charge in [-0.15, -0.1) is 0 Å². The van der Waals surface area contributed by atoms with E-state index in [9.17, 15) is 31.4 Å². The first kappa shape index (κ1) is 24.8. The van der Waals surface area contributed by atoms with E-state index in [1.54, 1.807) is 31.2 Å². The zero-order chi connectivity index (χ0) is 25.5. The summed E-state index contributed by atoms with van der Waals surface area (Å²) in [4.78, 5) is 8.29. The van der Waals surface area contributed by atoms with Crippen molar-refractivity contribution in [1.82, 2.24) is 9.97 Å². The molecule has 2 aromatic carbocycles. The standard InChI is InChI=1S/C25H17ClF6N2O/c1-13-9-16(34-12-21(13)26)11-19(18-6-4-14-3-2-8-33-22(14)23(18)35)17-7-5-15(24(27,28)29)10-20(17)25(30,31)32/h2-10,12,19,35H,11H2,1H3. The number of alkyl halides is 6. The first-order chi connectivity index (χ1) is 16.4. The number of hydrogen-bond donors (Lipinski definition) is 1. The third-order valence-electron chi connectivity index (χ3n) is 5.73. The van der Waals surface area contributed by atoms with E-state index in [4.69, 9.17) is 11.6 Å². The Morgan fingerprint density at radius 1 is 0.914 bits per heavy atom. The van der Waals surface area contributed by atoms with Crippen molar-refractivity contribution < 1.29 is 31.4 Å². The van der Waals surface area contributed by atoms with E-state index < -0.39 is 35.0 Å². The molecule has 0 amide bonds. The third-order valence-corrected chi connectivity index (χ3v) is 6.13. The minimum absolute atomic E-state index is 0.0795. The second-order valence-electron chi connectivity index (χ2n) is 8.06. The molecule has 4 rings (SSSR count). The molecule has 0 saturated heterocycles. The molecule has 0 spiro atoms. The fourth-order valence-electron chi connectivity index (χ4n) is 4.01. The van der Waals surface area contributed by atoms with E-state index in [-0.39, 0.29) is 29.3 Å². The number of aromatic hydroxyl groups is 1. The summed E-state index contributed by atoms with van der Waals surface area (Å²) in [6.07, 6.45) is -7.41. The Bertz CT molecular complexity index is 1400. The van der Waals surface area contributed by atoms with Crippen LogP contribution in [-0.2, 0) is 18.8 Å². The lowest BCUT2D eigenvalue weighted by atomic mass is 9.82. The molecule has 0 aliphatic carbocycles. The van der Waals surface area contributed by atoms with E-state index in [2.05, 4.69) is 9.97 Å². The third kappa shape index (κ3) is 5.05. The van der Waals surface area contributed by atoms with Gasteiger partial charge in [-0.05, 0) is 42.3 Å². The van der Waals surface area contributed by atoms with Gasteiger partial charge in [0.15, 0.2) is 0 Å². The van der Waals surface area contributed by atoms with Crippen LogP contribution in [-0.4, -0.2) is 15.1 Å². The summed E-state index contributed by atoms with van der Waals surface area (Å²) < 4.78 is 81.8. The molecule has 3 nitrogen and oxygen atoms in total. The van der Waals surface area contributed by atoms with Gasteiger partial charge in [-0.25, -0.2) is 0 Å².